The van der Waals surface area contributed by atoms with Gasteiger partial charge in [-0.15, -0.1) is 0 Å². The van der Waals surface area contributed by atoms with Gasteiger partial charge in [-0.05, 0) is 6.92 Å². The predicted octanol–water partition coefficient (Wildman–Crippen LogP) is 0.982. The number of hydrogen-bond acceptors (Lipinski definition) is 1. The molecule has 66 valence electrons. The van der Waals surface area contributed by atoms with E-state index in [0.29, 0.717) is 0 Å². The third-order valence-corrected chi connectivity index (χ3v) is 1.67. The molecule has 3 nitrogen and oxygen atoms in total. The van der Waals surface area contributed by atoms with Crippen LogP contribution in [0.2, 0.25) is 0 Å². The minimum atomic E-state index is 0.750. The Bertz CT molecular complexity index is 242. The molecule has 0 aliphatic rings. The lowest BCUT2D eigenvalue weighted by atomic mass is 10.5. The second-order valence-corrected chi connectivity index (χ2v) is 2.44. The van der Waals surface area contributed by atoms with Crippen LogP contribution in [0.3, 0.4) is 0 Å². The molecule has 0 spiro atoms. The zero-order valence-corrected chi connectivity index (χ0v) is 7.42. The summed E-state index contributed by atoms with van der Waals surface area (Å²) in [5, 5.41) is 0. The Morgan fingerprint density at radius 1 is 1.75 bits per heavy atom. The average molecular weight is 167 g/mol. The van der Waals surface area contributed by atoms with E-state index in [2.05, 4.69) is 16.1 Å². The highest BCUT2D eigenvalue weighted by Gasteiger charge is 2.04. The van der Waals surface area contributed by atoms with E-state index >= 15 is 0 Å². The molecule has 0 amide bonds. The summed E-state index contributed by atoms with van der Waals surface area (Å²) in [5.41, 5.74) is 0. The van der Waals surface area contributed by atoms with Gasteiger partial charge in [0, 0.05) is 12.7 Å². The van der Waals surface area contributed by atoms with Gasteiger partial charge >= 0.3 is 0 Å². The molecule has 1 rings (SSSR count). The number of nitrogens with one attached hydrogen (secondary N) is 1. The molecule has 1 N–H and O–H groups in total. The fourth-order valence-corrected chi connectivity index (χ4v) is 1.05. The molecule has 0 fully saturated rings. The molecule has 1 aromatic rings. The van der Waals surface area contributed by atoms with Crippen molar-refractivity contribution in [1.82, 2.24) is 4.98 Å². The standard InChI is InChI=1S/C9H14N2O/c1-3-9-10-5-6-11(9)7-8-12-4-2/h3,5-6H,1,4,7-8H2,2H3/p+1. The lowest BCUT2D eigenvalue weighted by Crippen LogP contribution is -2.36. The molecule has 0 unspecified atom stereocenters. The summed E-state index contributed by atoms with van der Waals surface area (Å²) in [5.74, 6) is 1.02. The zero-order chi connectivity index (χ0) is 8.81. The Labute approximate surface area is 72.7 Å². The van der Waals surface area contributed by atoms with Crippen molar-refractivity contribution in [1.29, 1.82) is 0 Å². The maximum atomic E-state index is 5.24. The number of nitrogens with zero attached hydrogens (tertiary/aromatic N) is 1. The monoisotopic (exact) mass is 167 g/mol. The summed E-state index contributed by atoms with van der Waals surface area (Å²) < 4.78 is 7.31. The Morgan fingerprint density at radius 2 is 2.58 bits per heavy atom. The fourth-order valence-electron chi connectivity index (χ4n) is 1.05. The van der Waals surface area contributed by atoms with Crippen molar-refractivity contribution in [3.8, 4) is 0 Å². The van der Waals surface area contributed by atoms with Gasteiger partial charge in [0.15, 0.2) is 0 Å². The average Bonchev–Trinajstić information content (AvgIpc) is 2.52. The van der Waals surface area contributed by atoms with Crippen LogP contribution in [0.4, 0.5) is 0 Å². The van der Waals surface area contributed by atoms with Crippen molar-refractivity contribution < 1.29 is 9.30 Å². The number of hydrogen-bond donors (Lipinski definition) is 1. The highest BCUT2D eigenvalue weighted by atomic mass is 16.5. The summed E-state index contributed by atoms with van der Waals surface area (Å²) >= 11 is 0. The number of aromatic nitrogens is 2. The van der Waals surface area contributed by atoms with Gasteiger partial charge in [-0.1, -0.05) is 6.58 Å². The van der Waals surface area contributed by atoms with E-state index in [9.17, 15) is 0 Å². The molecule has 0 atom stereocenters. The molecule has 1 aromatic heterocycles. The van der Waals surface area contributed by atoms with E-state index in [-0.39, 0.29) is 0 Å². The maximum Gasteiger partial charge on any atom is 0.278 e. The SMILES string of the molecule is C=Cc1[nH]cc[n+]1CCOCC. The molecular weight excluding hydrogens is 152 g/mol. The van der Waals surface area contributed by atoms with E-state index in [4.69, 9.17) is 4.74 Å². The summed E-state index contributed by atoms with van der Waals surface area (Å²) in [4.78, 5) is 3.07. The molecule has 0 aliphatic carbocycles. The van der Waals surface area contributed by atoms with Crippen LogP contribution < -0.4 is 4.57 Å². The van der Waals surface area contributed by atoms with E-state index in [0.717, 1.165) is 25.6 Å². The minimum Gasteiger partial charge on any atom is -0.378 e. The second kappa shape index (κ2) is 4.72. The van der Waals surface area contributed by atoms with Gasteiger partial charge in [-0.25, -0.2) is 9.55 Å². The van der Waals surface area contributed by atoms with Crippen LogP contribution in [-0.2, 0) is 11.3 Å². The molecule has 0 bridgehead atoms. The van der Waals surface area contributed by atoms with Crippen LogP contribution >= 0.6 is 0 Å². The number of ether oxygens (including phenoxy) is 1. The van der Waals surface area contributed by atoms with Gasteiger partial charge < -0.3 is 4.74 Å². The van der Waals surface area contributed by atoms with Gasteiger partial charge in [-0.2, -0.15) is 0 Å². The van der Waals surface area contributed by atoms with Crippen molar-refractivity contribution in [2.45, 2.75) is 13.5 Å². The van der Waals surface area contributed by atoms with Crippen LogP contribution in [0.5, 0.6) is 0 Å². The van der Waals surface area contributed by atoms with Gasteiger partial charge in [0.2, 0.25) is 0 Å². The Kier molecular flexibility index (Phi) is 3.54. The van der Waals surface area contributed by atoms with Crippen LogP contribution in [-0.4, -0.2) is 18.2 Å². The van der Waals surface area contributed by atoms with Crippen molar-refractivity contribution in [3.63, 3.8) is 0 Å². The number of aromatic amines is 1. The molecule has 0 saturated heterocycles. The van der Waals surface area contributed by atoms with Gasteiger partial charge in [-0.3, -0.25) is 0 Å². The first-order chi connectivity index (χ1) is 5.88. The largest absolute Gasteiger partial charge is 0.378 e. The topological polar surface area (TPSA) is 28.9 Å². The number of H-pyrrole nitrogens is 1. The van der Waals surface area contributed by atoms with Crippen LogP contribution in [0.1, 0.15) is 12.7 Å². The van der Waals surface area contributed by atoms with Crippen LogP contribution in [0.25, 0.3) is 6.08 Å². The fraction of sp³-hybridized carbons (Fsp3) is 0.444. The lowest BCUT2D eigenvalue weighted by Gasteiger charge is -1.98. The maximum absolute atomic E-state index is 5.24. The van der Waals surface area contributed by atoms with E-state index in [1.807, 2.05) is 19.3 Å². The first kappa shape index (κ1) is 9.00. The molecule has 1 heterocycles. The highest BCUT2D eigenvalue weighted by molar-refractivity contribution is 5.31. The van der Waals surface area contributed by atoms with Crippen LogP contribution in [0, 0.1) is 0 Å². The summed E-state index contributed by atoms with van der Waals surface area (Å²) in [6.07, 6.45) is 5.67. The first-order valence-electron chi connectivity index (χ1n) is 4.15. The van der Waals surface area contributed by atoms with Crippen molar-refractivity contribution in [2.75, 3.05) is 13.2 Å². The zero-order valence-electron chi connectivity index (χ0n) is 7.42. The normalized spacial score (nSPS) is 10.1. The first-order valence-corrected chi connectivity index (χ1v) is 4.15. The predicted molar refractivity (Wildman–Crippen MR) is 47.6 cm³/mol. The molecular formula is C9H15N2O+. The molecule has 0 aliphatic heterocycles. The Balaban J connectivity index is 2.45. The van der Waals surface area contributed by atoms with E-state index in [1.165, 1.54) is 0 Å². The van der Waals surface area contributed by atoms with Gasteiger partial charge in [0.05, 0.1) is 6.61 Å². The summed E-state index contributed by atoms with van der Waals surface area (Å²) in [6.45, 7) is 8.09. The lowest BCUT2D eigenvalue weighted by molar-refractivity contribution is -0.698. The van der Waals surface area contributed by atoms with Gasteiger partial charge in [0.25, 0.3) is 5.82 Å². The molecule has 12 heavy (non-hydrogen) atoms. The highest BCUT2D eigenvalue weighted by Crippen LogP contribution is 1.87. The van der Waals surface area contributed by atoms with Crippen molar-refractivity contribution in [3.05, 3.63) is 24.8 Å². The van der Waals surface area contributed by atoms with E-state index in [1.54, 1.807) is 6.08 Å². The molecule has 3 heteroatoms. The Morgan fingerprint density at radius 3 is 3.25 bits per heavy atom. The van der Waals surface area contributed by atoms with E-state index < -0.39 is 0 Å². The molecule has 0 aromatic carbocycles. The quantitative estimate of drug-likeness (QED) is 0.514. The molecule has 0 saturated carbocycles. The third-order valence-electron chi connectivity index (χ3n) is 1.67. The third kappa shape index (κ3) is 2.20. The van der Waals surface area contributed by atoms with Crippen molar-refractivity contribution >= 4 is 6.08 Å². The van der Waals surface area contributed by atoms with Crippen molar-refractivity contribution in [2.24, 2.45) is 0 Å². The summed E-state index contributed by atoms with van der Waals surface area (Å²) in [6, 6.07) is 0. The van der Waals surface area contributed by atoms with Gasteiger partial charge in [0.1, 0.15) is 18.9 Å². The number of rotatable bonds is 5. The second-order valence-electron chi connectivity index (χ2n) is 2.44. The van der Waals surface area contributed by atoms with Crippen LogP contribution in [0.15, 0.2) is 19.0 Å². The summed E-state index contributed by atoms with van der Waals surface area (Å²) in [7, 11) is 0. The Hall–Kier alpha value is -1.09. The minimum absolute atomic E-state index is 0.750. The molecule has 0 radical (unpaired) electrons. The number of imidazole rings is 1. The smallest absolute Gasteiger partial charge is 0.278 e.